The van der Waals surface area contributed by atoms with Crippen molar-refractivity contribution in [3.05, 3.63) is 48.0 Å². The summed E-state index contributed by atoms with van der Waals surface area (Å²) in [6, 6.07) is 13.4. The second kappa shape index (κ2) is 10.1. The van der Waals surface area contributed by atoms with Crippen LogP contribution in [-0.2, 0) is 0 Å². The van der Waals surface area contributed by atoms with Crippen molar-refractivity contribution in [1.82, 2.24) is 9.88 Å². The lowest BCUT2D eigenvalue weighted by atomic mass is 10.2. The van der Waals surface area contributed by atoms with Crippen molar-refractivity contribution < 1.29 is 9.53 Å². The third-order valence-electron chi connectivity index (χ3n) is 4.17. The van der Waals surface area contributed by atoms with Crippen LogP contribution < -0.4 is 9.64 Å². The van der Waals surface area contributed by atoms with Crippen LogP contribution >= 0.6 is 35.5 Å². The lowest BCUT2D eigenvalue weighted by Gasteiger charge is -2.22. The molecular weight excluding hydrogens is 414 g/mol. The van der Waals surface area contributed by atoms with E-state index in [9.17, 15) is 4.79 Å². The predicted octanol–water partition coefficient (Wildman–Crippen LogP) is 4.66. The number of carbonyl (C=O) groups excluding carboxylic acids is 1. The average molecular weight is 438 g/mol. The van der Waals surface area contributed by atoms with Gasteiger partial charge in [0.15, 0.2) is 5.13 Å². The number of likely N-dealkylation sites (N-methyl/N-ethyl adjacent to an activating group) is 1. The van der Waals surface area contributed by atoms with E-state index in [0.29, 0.717) is 12.1 Å². The first-order valence-electron chi connectivity index (χ1n) is 8.57. The van der Waals surface area contributed by atoms with Gasteiger partial charge in [0, 0.05) is 23.5 Å². The first-order chi connectivity index (χ1) is 13.0. The van der Waals surface area contributed by atoms with E-state index in [0.717, 1.165) is 27.6 Å². The molecule has 150 valence electrons. The molecule has 0 unspecified atom stereocenters. The number of fused-ring (bicyclic) bond motifs is 1. The maximum Gasteiger partial charge on any atom is 0.260 e. The minimum Gasteiger partial charge on any atom is -0.497 e. The van der Waals surface area contributed by atoms with Crippen molar-refractivity contribution >= 4 is 56.8 Å². The van der Waals surface area contributed by atoms with Crippen LogP contribution in [0.1, 0.15) is 10.4 Å². The summed E-state index contributed by atoms with van der Waals surface area (Å²) in [5.41, 5.74) is 1.55. The van der Waals surface area contributed by atoms with E-state index in [1.165, 1.54) is 4.90 Å². The molecule has 0 saturated heterocycles. The van der Waals surface area contributed by atoms with Crippen LogP contribution in [0, 0.1) is 0 Å². The van der Waals surface area contributed by atoms with E-state index >= 15 is 0 Å². The molecule has 0 bridgehead atoms. The molecule has 0 fully saturated rings. The maximum atomic E-state index is 13.2. The first-order valence-corrected chi connectivity index (χ1v) is 10.6. The molecule has 3 rings (SSSR count). The Bertz CT molecular complexity index is 929. The zero-order valence-corrected chi connectivity index (χ0v) is 18.8. The maximum absolute atomic E-state index is 13.2. The molecule has 3 aromatic rings. The number of methoxy groups -OCH3 is 1. The summed E-state index contributed by atoms with van der Waals surface area (Å²) in [7, 11) is 5.61. The number of anilines is 1. The summed E-state index contributed by atoms with van der Waals surface area (Å²) in [5.74, 6) is 0.680. The summed E-state index contributed by atoms with van der Waals surface area (Å²) in [6.45, 7) is 1.33. The normalized spacial score (nSPS) is 10.8. The minimum absolute atomic E-state index is 0. The van der Waals surface area contributed by atoms with Crippen LogP contribution in [-0.4, -0.2) is 56.3 Å². The molecule has 2 aromatic carbocycles. The van der Waals surface area contributed by atoms with Crippen molar-refractivity contribution in [2.24, 2.45) is 0 Å². The second-order valence-corrected chi connectivity index (χ2v) is 8.21. The van der Waals surface area contributed by atoms with Gasteiger partial charge in [-0.15, -0.1) is 24.2 Å². The van der Waals surface area contributed by atoms with Crippen LogP contribution in [0.3, 0.4) is 0 Å². The van der Waals surface area contributed by atoms with E-state index < -0.39 is 0 Å². The molecule has 0 N–H and O–H groups in total. The van der Waals surface area contributed by atoms with Crippen LogP contribution in [0.5, 0.6) is 5.75 Å². The Hall–Kier alpha value is -1.80. The van der Waals surface area contributed by atoms with Gasteiger partial charge in [0.1, 0.15) is 5.75 Å². The third-order valence-corrected chi connectivity index (χ3v) is 5.93. The van der Waals surface area contributed by atoms with Crippen LogP contribution in [0.15, 0.2) is 47.4 Å². The fraction of sp³-hybridized carbons (Fsp3) is 0.300. The summed E-state index contributed by atoms with van der Waals surface area (Å²) < 4.78 is 6.28. The van der Waals surface area contributed by atoms with Gasteiger partial charge >= 0.3 is 0 Å². The molecule has 0 aliphatic heterocycles. The number of hydrogen-bond donors (Lipinski definition) is 0. The Morgan fingerprint density at radius 3 is 2.46 bits per heavy atom. The van der Waals surface area contributed by atoms with Crippen molar-refractivity contribution in [1.29, 1.82) is 0 Å². The SMILES string of the molecule is COc1ccc(C(=O)N(CCN(C)C)c2nc3ccc(SC)cc3s2)cc1.Cl. The fourth-order valence-corrected chi connectivity index (χ4v) is 4.15. The Labute approximate surface area is 180 Å². The van der Waals surface area contributed by atoms with E-state index in [1.54, 1.807) is 59.4 Å². The second-order valence-electron chi connectivity index (χ2n) is 6.32. The Morgan fingerprint density at radius 2 is 1.86 bits per heavy atom. The lowest BCUT2D eigenvalue weighted by Crippen LogP contribution is -2.36. The van der Waals surface area contributed by atoms with Crippen LogP contribution in [0.4, 0.5) is 5.13 Å². The molecule has 0 radical (unpaired) electrons. The predicted molar refractivity (Wildman–Crippen MR) is 122 cm³/mol. The Kier molecular flexibility index (Phi) is 8.12. The molecular formula is C20H24ClN3O2S2. The highest BCUT2D eigenvalue weighted by Crippen LogP contribution is 2.32. The first kappa shape index (κ1) is 22.5. The Balaban J connectivity index is 0.00000280. The van der Waals surface area contributed by atoms with E-state index in [4.69, 9.17) is 9.72 Å². The summed E-state index contributed by atoms with van der Waals surface area (Å²) >= 11 is 3.26. The Morgan fingerprint density at radius 1 is 1.14 bits per heavy atom. The molecule has 1 aromatic heterocycles. The van der Waals surface area contributed by atoms with Gasteiger partial charge in [-0.3, -0.25) is 9.69 Å². The number of thiazole rings is 1. The van der Waals surface area contributed by atoms with Crippen LogP contribution in [0.25, 0.3) is 10.2 Å². The van der Waals surface area contributed by atoms with Crippen molar-refractivity contribution in [2.45, 2.75) is 4.90 Å². The fourth-order valence-electron chi connectivity index (χ4n) is 2.61. The number of aromatic nitrogens is 1. The average Bonchev–Trinajstić information content (AvgIpc) is 3.10. The zero-order chi connectivity index (χ0) is 19.4. The topological polar surface area (TPSA) is 45.7 Å². The summed E-state index contributed by atoms with van der Waals surface area (Å²) in [6.07, 6.45) is 2.06. The van der Waals surface area contributed by atoms with Gasteiger partial charge in [0.05, 0.1) is 17.3 Å². The zero-order valence-electron chi connectivity index (χ0n) is 16.3. The van der Waals surface area contributed by atoms with Gasteiger partial charge < -0.3 is 9.64 Å². The third kappa shape index (κ3) is 5.17. The summed E-state index contributed by atoms with van der Waals surface area (Å²) in [5, 5.41) is 0.728. The molecule has 8 heteroatoms. The molecule has 0 aliphatic rings. The van der Waals surface area contributed by atoms with Crippen LogP contribution in [0.2, 0.25) is 0 Å². The standard InChI is InChI=1S/C20H23N3O2S2.ClH/c1-22(2)11-12-23(19(24)14-5-7-15(25-3)8-6-14)20-21-17-10-9-16(26-4)13-18(17)27-20;/h5-10,13H,11-12H2,1-4H3;1H. The number of thioether (sulfide) groups is 1. The number of ether oxygens (including phenoxy) is 1. The molecule has 1 amide bonds. The minimum atomic E-state index is -0.0522. The largest absolute Gasteiger partial charge is 0.497 e. The van der Waals surface area contributed by atoms with Gasteiger partial charge in [0.25, 0.3) is 5.91 Å². The van der Waals surface area contributed by atoms with Crippen molar-refractivity contribution in [2.75, 3.05) is 45.5 Å². The van der Waals surface area contributed by atoms with Crippen molar-refractivity contribution in [3.8, 4) is 5.75 Å². The van der Waals surface area contributed by atoms with E-state index in [2.05, 4.69) is 23.3 Å². The molecule has 5 nitrogen and oxygen atoms in total. The number of halogens is 1. The smallest absolute Gasteiger partial charge is 0.260 e. The highest BCUT2D eigenvalue weighted by atomic mass is 35.5. The number of rotatable bonds is 7. The highest BCUT2D eigenvalue weighted by molar-refractivity contribution is 7.98. The molecule has 1 heterocycles. The molecule has 0 spiro atoms. The van der Waals surface area contributed by atoms with Gasteiger partial charge in [0.2, 0.25) is 0 Å². The van der Waals surface area contributed by atoms with Gasteiger partial charge in [-0.2, -0.15) is 0 Å². The number of carbonyl (C=O) groups is 1. The monoisotopic (exact) mass is 437 g/mol. The van der Waals surface area contributed by atoms with E-state index in [1.807, 2.05) is 20.2 Å². The number of amides is 1. The number of nitrogens with zero attached hydrogens (tertiary/aromatic N) is 3. The van der Waals surface area contributed by atoms with Gasteiger partial charge in [-0.1, -0.05) is 11.3 Å². The summed E-state index contributed by atoms with van der Waals surface area (Å²) in [4.78, 5) is 22.9. The quantitative estimate of drug-likeness (QED) is 0.503. The highest BCUT2D eigenvalue weighted by Gasteiger charge is 2.21. The van der Waals surface area contributed by atoms with Gasteiger partial charge in [-0.05, 0) is 62.8 Å². The molecule has 0 aliphatic carbocycles. The molecule has 0 atom stereocenters. The lowest BCUT2D eigenvalue weighted by molar-refractivity contribution is 0.0985. The number of hydrogen-bond acceptors (Lipinski definition) is 6. The van der Waals surface area contributed by atoms with Crippen molar-refractivity contribution in [3.63, 3.8) is 0 Å². The van der Waals surface area contributed by atoms with Gasteiger partial charge in [-0.25, -0.2) is 4.98 Å². The van der Waals surface area contributed by atoms with E-state index in [-0.39, 0.29) is 18.3 Å². The number of benzene rings is 2. The molecule has 0 saturated carbocycles. The molecule has 28 heavy (non-hydrogen) atoms.